The van der Waals surface area contributed by atoms with Crippen LogP contribution in [0.2, 0.25) is 0 Å². The lowest BCUT2D eigenvalue weighted by Crippen LogP contribution is -2.00. The fraction of sp³-hybridized carbons (Fsp3) is 0.115. The molecule has 5 nitrogen and oxygen atoms in total. The van der Waals surface area contributed by atoms with Gasteiger partial charge in [-0.3, -0.25) is 4.98 Å². The second-order valence-electron chi connectivity index (χ2n) is 7.41. The predicted octanol–water partition coefficient (Wildman–Crippen LogP) is 6.28. The van der Waals surface area contributed by atoms with E-state index in [2.05, 4.69) is 9.97 Å². The first-order chi connectivity index (χ1) is 16.2. The molecule has 7 heteroatoms. The van der Waals surface area contributed by atoms with E-state index in [0.717, 1.165) is 21.4 Å². The molecule has 5 rings (SSSR count). The number of halogens is 1. The van der Waals surface area contributed by atoms with Crippen LogP contribution in [0, 0.1) is 5.82 Å². The Bertz CT molecular complexity index is 1390. The Labute approximate surface area is 194 Å². The van der Waals surface area contributed by atoms with Crippen molar-refractivity contribution in [2.75, 3.05) is 7.11 Å². The van der Waals surface area contributed by atoms with Gasteiger partial charge in [-0.05, 0) is 29.3 Å². The smallest absolute Gasteiger partial charge is 0.235 e. The Morgan fingerprint density at radius 3 is 2.55 bits per heavy atom. The summed E-state index contributed by atoms with van der Waals surface area (Å²) in [7, 11) is 1.55. The Balaban J connectivity index is 1.61. The quantitative estimate of drug-likeness (QED) is 0.288. The summed E-state index contributed by atoms with van der Waals surface area (Å²) in [5.41, 5.74) is 4.45. The summed E-state index contributed by atoms with van der Waals surface area (Å²) < 4.78 is 26.6. The van der Waals surface area contributed by atoms with E-state index in [0.29, 0.717) is 35.1 Å². The molecule has 0 aliphatic rings. The SMILES string of the molecule is COCc1ccc(-c2csc3c(OCc4ccccc4)nc(-c4ccccn4)nc23)cc1F. The summed E-state index contributed by atoms with van der Waals surface area (Å²) in [6.45, 7) is 0.599. The van der Waals surface area contributed by atoms with E-state index in [4.69, 9.17) is 14.5 Å². The summed E-state index contributed by atoms with van der Waals surface area (Å²) in [5, 5.41) is 1.96. The molecule has 0 saturated heterocycles. The lowest BCUT2D eigenvalue weighted by Gasteiger charge is -2.09. The highest BCUT2D eigenvalue weighted by Crippen LogP contribution is 2.39. The van der Waals surface area contributed by atoms with Gasteiger partial charge in [0, 0.05) is 29.8 Å². The van der Waals surface area contributed by atoms with E-state index in [-0.39, 0.29) is 12.4 Å². The molecule has 0 aliphatic heterocycles. The van der Waals surface area contributed by atoms with Gasteiger partial charge in [0.25, 0.3) is 0 Å². The summed E-state index contributed by atoms with van der Waals surface area (Å²) in [6, 6.07) is 20.6. The van der Waals surface area contributed by atoms with Crippen molar-refractivity contribution >= 4 is 21.6 Å². The van der Waals surface area contributed by atoms with Crippen LogP contribution in [0.5, 0.6) is 5.88 Å². The summed E-state index contributed by atoms with van der Waals surface area (Å²) >= 11 is 1.48. The summed E-state index contributed by atoms with van der Waals surface area (Å²) in [5.74, 6) is 0.632. The normalized spacial score (nSPS) is 11.1. The Morgan fingerprint density at radius 1 is 0.939 bits per heavy atom. The Hall–Kier alpha value is -3.68. The zero-order valence-electron chi connectivity index (χ0n) is 17.9. The van der Waals surface area contributed by atoms with Crippen LogP contribution in [0.3, 0.4) is 0 Å². The van der Waals surface area contributed by atoms with Gasteiger partial charge in [0.2, 0.25) is 5.88 Å². The summed E-state index contributed by atoms with van der Waals surface area (Å²) in [6.07, 6.45) is 1.70. The molecule has 0 saturated carbocycles. The molecule has 0 spiro atoms. The highest BCUT2D eigenvalue weighted by atomic mass is 32.1. The zero-order chi connectivity index (χ0) is 22.6. The molecule has 0 bridgehead atoms. The number of ether oxygens (including phenoxy) is 2. The number of benzene rings is 2. The third-order valence-corrected chi connectivity index (χ3v) is 6.12. The maximum Gasteiger partial charge on any atom is 0.235 e. The maximum atomic E-state index is 14.6. The van der Waals surface area contributed by atoms with Crippen LogP contribution < -0.4 is 4.74 Å². The van der Waals surface area contributed by atoms with Crippen molar-refractivity contribution in [3.8, 4) is 28.5 Å². The molecule has 0 aliphatic carbocycles. The van der Waals surface area contributed by atoms with Crippen molar-refractivity contribution < 1.29 is 13.9 Å². The van der Waals surface area contributed by atoms with E-state index >= 15 is 0 Å². The molecule has 33 heavy (non-hydrogen) atoms. The lowest BCUT2D eigenvalue weighted by molar-refractivity contribution is 0.181. The molecule has 3 heterocycles. The highest BCUT2D eigenvalue weighted by molar-refractivity contribution is 7.18. The molecular formula is C26H20FN3O2S. The van der Waals surface area contributed by atoms with Crippen LogP contribution in [0.4, 0.5) is 4.39 Å². The molecule has 0 atom stereocenters. The molecule has 0 unspecified atom stereocenters. The number of fused-ring (bicyclic) bond motifs is 1. The van der Waals surface area contributed by atoms with E-state index in [1.807, 2.05) is 60.0 Å². The standard InChI is InChI=1S/C26H20FN3O2S/c1-31-15-19-11-10-18(13-21(19)27)20-16-33-24-23(20)29-25(22-9-5-6-12-28-22)30-26(24)32-14-17-7-3-2-4-8-17/h2-13,16H,14-15H2,1H3. The largest absolute Gasteiger partial charge is 0.472 e. The van der Waals surface area contributed by atoms with Crippen LogP contribution in [0.1, 0.15) is 11.1 Å². The van der Waals surface area contributed by atoms with Gasteiger partial charge in [-0.1, -0.05) is 48.5 Å². The third-order valence-electron chi connectivity index (χ3n) is 5.16. The second-order valence-corrected chi connectivity index (χ2v) is 8.29. The number of thiophene rings is 1. The van der Waals surface area contributed by atoms with E-state index in [9.17, 15) is 4.39 Å². The molecule has 2 aromatic carbocycles. The highest BCUT2D eigenvalue weighted by Gasteiger charge is 2.18. The number of pyridine rings is 1. The molecule has 164 valence electrons. The number of methoxy groups -OCH3 is 1. The average molecular weight is 458 g/mol. The number of hydrogen-bond donors (Lipinski definition) is 0. The monoisotopic (exact) mass is 457 g/mol. The van der Waals surface area contributed by atoms with Crippen molar-refractivity contribution in [3.63, 3.8) is 0 Å². The fourth-order valence-corrected chi connectivity index (χ4v) is 4.47. The topological polar surface area (TPSA) is 57.1 Å². The number of hydrogen-bond acceptors (Lipinski definition) is 6. The number of nitrogens with zero attached hydrogens (tertiary/aromatic N) is 3. The zero-order valence-corrected chi connectivity index (χ0v) is 18.7. The second kappa shape index (κ2) is 9.44. The molecule has 3 aromatic heterocycles. The first kappa shape index (κ1) is 21.2. The first-order valence-electron chi connectivity index (χ1n) is 10.4. The van der Waals surface area contributed by atoms with Crippen LogP contribution in [-0.2, 0) is 18.0 Å². The molecule has 5 aromatic rings. The summed E-state index contributed by atoms with van der Waals surface area (Å²) in [4.78, 5) is 13.9. The molecule has 0 fully saturated rings. The minimum atomic E-state index is -0.312. The number of aromatic nitrogens is 3. The molecule has 0 amide bonds. The van der Waals surface area contributed by atoms with Crippen LogP contribution in [0.25, 0.3) is 32.9 Å². The Kier molecular flexibility index (Phi) is 6.06. The first-order valence-corrected chi connectivity index (χ1v) is 11.3. The van der Waals surface area contributed by atoms with Gasteiger partial charge in [-0.15, -0.1) is 11.3 Å². The minimum absolute atomic E-state index is 0.222. The average Bonchev–Trinajstić information content (AvgIpc) is 3.29. The van der Waals surface area contributed by atoms with Crippen molar-refractivity contribution in [2.24, 2.45) is 0 Å². The van der Waals surface area contributed by atoms with Gasteiger partial charge in [-0.25, -0.2) is 9.37 Å². The van der Waals surface area contributed by atoms with Gasteiger partial charge in [0.1, 0.15) is 22.8 Å². The maximum absolute atomic E-state index is 14.6. The van der Waals surface area contributed by atoms with Crippen LogP contribution in [-0.4, -0.2) is 22.1 Å². The van der Waals surface area contributed by atoms with Gasteiger partial charge in [-0.2, -0.15) is 4.98 Å². The Morgan fingerprint density at radius 2 is 1.79 bits per heavy atom. The van der Waals surface area contributed by atoms with Gasteiger partial charge < -0.3 is 9.47 Å². The van der Waals surface area contributed by atoms with Gasteiger partial charge in [0.05, 0.1) is 12.1 Å². The lowest BCUT2D eigenvalue weighted by atomic mass is 10.1. The van der Waals surface area contributed by atoms with E-state index < -0.39 is 0 Å². The molecular weight excluding hydrogens is 437 g/mol. The van der Waals surface area contributed by atoms with Crippen LogP contribution in [0.15, 0.2) is 78.3 Å². The number of rotatable bonds is 7. The molecule has 0 radical (unpaired) electrons. The van der Waals surface area contributed by atoms with E-state index in [1.165, 1.54) is 17.4 Å². The van der Waals surface area contributed by atoms with Gasteiger partial charge in [0.15, 0.2) is 5.82 Å². The predicted molar refractivity (Wildman–Crippen MR) is 128 cm³/mol. The fourth-order valence-electron chi connectivity index (χ4n) is 3.52. The van der Waals surface area contributed by atoms with Crippen molar-refractivity contribution in [3.05, 3.63) is 95.3 Å². The van der Waals surface area contributed by atoms with Crippen molar-refractivity contribution in [1.29, 1.82) is 0 Å². The van der Waals surface area contributed by atoms with Gasteiger partial charge >= 0.3 is 0 Å². The minimum Gasteiger partial charge on any atom is -0.472 e. The van der Waals surface area contributed by atoms with Crippen molar-refractivity contribution in [2.45, 2.75) is 13.2 Å². The third kappa shape index (κ3) is 4.46. The van der Waals surface area contributed by atoms with Crippen molar-refractivity contribution in [1.82, 2.24) is 15.0 Å². The molecule has 0 N–H and O–H groups in total. The van der Waals surface area contributed by atoms with Crippen LogP contribution >= 0.6 is 11.3 Å². The van der Waals surface area contributed by atoms with E-state index in [1.54, 1.807) is 19.4 Å².